The Morgan fingerprint density at radius 3 is 2.57 bits per heavy atom. The van der Waals surface area contributed by atoms with Crippen LogP contribution in [0.4, 0.5) is 0 Å². The summed E-state index contributed by atoms with van der Waals surface area (Å²) in [7, 11) is -3.39. The number of unbranched alkanes of at least 4 members (excludes halogenated alkanes) is 2. The predicted molar refractivity (Wildman–Crippen MR) is 95.0 cm³/mol. The van der Waals surface area contributed by atoms with Gasteiger partial charge >= 0.3 is 0 Å². The maximum atomic E-state index is 12.6. The number of hydrogen-bond donors (Lipinski definition) is 1. The number of nitrogens with zero attached hydrogens (tertiary/aromatic N) is 1. The van der Waals surface area contributed by atoms with E-state index >= 15 is 0 Å². The minimum absolute atomic E-state index is 0. The van der Waals surface area contributed by atoms with Crippen LogP contribution in [-0.2, 0) is 10.0 Å². The standard InChI is InChI=1S/C16H26N2O3S.ClH/c1-2-3-4-14-21-15-6-8-16(9-7-15)22(19,20)18-12-5-10-17-11-13-18;/h6-9,17H,2-5,10-14H2,1H3;1H. The van der Waals surface area contributed by atoms with Crippen LogP contribution < -0.4 is 10.1 Å². The molecular formula is C16H27ClN2O3S. The van der Waals surface area contributed by atoms with E-state index in [0.717, 1.165) is 38.0 Å². The van der Waals surface area contributed by atoms with Crippen molar-refractivity contribution in [3.63, 3.8) is 0 Å². The Kier molecular flexibility index (Phi) is 8.91. The third-order valence-corrected chi connectivity index (χ3v) is 5.69. The first-order valence-corrected chi connectivity index (χ1v) is 9.52. The van der Waals surface area contributed by atoms with Crippen molar-refractivity contribution in [1.29, 1.82) is 0 Å². The molecule has 1 heterocycles. The Morgan fingerprint density at radius 1 is 1.13 bits per heavy atom. The first-order chi connectivity index (χ1) is 10.6. The number of sulfonamides is 1. The van der Waals surface area contributed by atoms with Crippen LogP contribution in [0, 0.1) is 0 Å². The normalized spacial score (nSPS) is 16.4. The Labute approximate surface area is 145 Å². The maximum Gasteiger partial charge on any atom is 0.243 e. The van der Waals surface area contributed by atoms with Gasteiger partial charge in [-0.05, 0) is 43.7 Å². The van der Waals surface area contributed by atoms with Gasteiger partial charge in [-0.3, -0.25) is 0 Å². The van der Waals surface area contributed by atoms with Crippen molar-refractivity contribution in [2.75, 3.05) is 32.8 Å². The van der Waals surface area contributed by atoms with E-state index in [2.05, 4.69) is 12.2 Å². The van der Waals surface area contributed by atoms with Gasteiger partial charge in [0.15, 0.2) is 0 Å². The van der Waals surface area contributed by atoms with E-state index in [1.54, 1.807) is 28.6 Å². The molecule has 1 saturated heterocycles. The summed E-state index contributed by atoms with van der Waals surface area (Å²) in [5.74, 6) is 0.729. The molecule has 1 aromatic carbocycles. The summed E-state index contributed by atoms with van der Waals surface area (Å²) in [5.41, 5.74) is 0. The minimum Gasteiger partial charge on any atom is -0.494 e. The van der Waals surface area contributed by atoms with E-state index in [9.17, 15) is 8.42 Å². The van der Waals surface area contributed by atoms with Crippen LogP contribution in [0.15, 0.2) is 29.2 Å². The quantitative estimate of drug-likeness (QED) is 0.757. The average molecular weight is 363 g/mol. The molecule has 0 bridgehead atoms. The molecule has 1 aromatic rings. The predicted octanol–water partition coefficient (Wildman–Crippen LogP) is 2.66. The molecule has 0 spiro atoms. The molecule has 0 aliphatic carbocycles. The Bertz CT molecular complexity index is 541. The summed E-state index contributed by atoms with van der Waals surface area (Å²) >= 11 is 0. The van der Waals surface area contributed by atoms with Crippen molar-refractivity contribution in [1.82, 2.24) is 9.62 Å². The van der Waals surface area contributed by atoms with Crippen LogP contribution in [0.5, 0.6) is 5.75 Å². The highest BCUT2D eigenvalue weighted by Gasteiger charge is 2.24. The van der Waals surface area contributed by atoms with Gasteiger partial charge in [-0.25, -0.2) is 8.42 Å². The molecule has 132 valence electrons. The molecule has 1 fully saturated rings. The number of halogens is 1. The molecule has 1 aliphatic rings. The first kappa shape index (κ1) is 20.2. The zero-order chi connectivity index (χ0) is 15.8. The van der Waals surface area contributed by atoms with Gasteiger partial charge in [-0.1, -0.05) is 19.8 Å². The summed E-state index contributed by atoms with van der Waals surface area (Å²) in [5, 5.41) is 3.22. The largest absolute Gasteiger partial charge is 0.494 e. The molecule has 23 heavy (non-hydrogen) atoms. The molecule has 7 heteroatoms. The smallest absolute Gasteiger partial charge is 0.243 e. The highest BCUT2D eigenvalue weighted by Crippen LogP contribution is 2.20. The Morgan fingerprint density at radius 2 is 1.87 bits per heavy atom. The van der Waals surface area contributed by atoms with Gasteiger partial charge in [0.1, 0.15) is 5.75 Å². The highest BCUT2D eigenvalue weighted by molar-refractivity contribution is 7.89. The monoisotopic (exact) mass is 362 g/mol. The third-order valence-electron chi connectivity index (χ3n) is 3.78. The van der Waals surface area contributed by atoms with Crippen LogP contribution in [-0.4, -0.2) is 45.5 Å². The lowest BCUT2D eigenvalue weighted by Crippen LogP contribution is -2.34. The van der Waals surface area contributed by atoms with Crippen LogP contribution in [0.2, 0.25) is 0 Å². The maximum absolute atomic E-state index is 12.6. The van der Waals surface area contributed by atoms with Crippen molar-refractivity contribution in [3.8, 4) is 5.75 Å². The van der Waals surface area contributed by atoms with Crippen molar-refractivity contribution >= 4 is 22.4 Å². The number of hydrogen-bond acceptors (Lipinski definition) is 4. The van der Waals surface area contributed by atoms with E-state index in [1.165, 1.54) is 0 Å². The van der Waals surface area contributed by atoms with Gasteiger partial charge in [0.25, 0.3) is 0 Å². The number of benzene rings is 1. The van der Waals surface area contributed by atoms with Crippen molar-refractivity contribution in [2.45, 2.75) is 37.5 Å². The summed E-state index contributed by atoms with van der Waals surface area (Å²) in [4.78, 5) is 0.343. The molecule has 0 amide bonds. The summed E-state index contributed by atoms with van der Waals surface area (Å²) in [6, 6.07) is 6.77. The topological polar surface area (TPSA) is 58.6 Å². The van der Waals surface area contributed by atoms with Crippen LogP contribution >= 0.6 is 12.4 Å². The van der Waals surface area contributed by atoms with Crippen LogP contribution in [0.25, 0.3) is 0 Å². The molecule has 5 nitrogen and oxygen atoms in total. The number of ether oxygens (including phenoxy) is 1. The molecule has 0 radical (unpaired) electrons. The third kappa shape index (κ3) is 5.95. The van der Waals surface area contributed by atoms with E-state index in [-0.39, 0.29) is 12.4 Å². The van der Waals surface area contributed by atoms with Gasteiger partial charge in [0.2, 0.25) is 10.0 Å². The van der Waals surface area contributed by atoms with Crippen molar-refractivity contribution in [2.24, 2.45) is 0 Å². The van der Waals surface area contributed by atoms with Crippen molar-refractivity contribution in [3.05, 3.63) is 24.3 Å². The van der Waals surface area contributed by atoms with E-state index in [0.29, 0.717) is 31.1 Å². The van der Waals surface area contributed by atoms with E-state index in [4.69, 9.17) is 4.74 Å². The van der Waals surface area contributed by atoms with Gasteiger partial charge in [-0.2, -0.15) is 4.31 Å². The van der Waals surface area contributed by atoms with Gasteiger partial charge in [0, 0.05) is 19.6 Å². The fourth-order valence-electron chi connectivity index (χ4n) is 2.46. The molecule has 1 N–H and O–H groups in total. The molecule has 0 saturated carbocycles. The molecular weight excluding hydrogens is 336 g/mol. The summed E-state index contributed by atoms with van der Waals surface area (Å²) in [6.45, 7) is 5.51. The Hall–Kier alpha value is -0.820. The number of rotatable bonds is 7. The lowest BCUT2D eigenvalue weighted by atomic mass is 10.3. The summed E-state index contributed by atoms with van der Waals surface area (Å²) < 4.78 is 32.4. The van der Waals surface area contributed by atoms with E-state index < -0.39 is 10.0 Å². The summed E-state index contributed by atoms with van der Waals surface area (Å²) in [6.07, 6.45) is 4.18. The zero-order valence-electron chi connectivity index (χ0n) is 13.7. The molecule has 0 aromatic heterocycles. The second-order valence-corrected chi connectivity index (χ2v) is 7.47. The zero-order valence-corrected chi connectivity index (χ0v) is 15.3. The minimum atomic E-state index is -3.39. The fraction of sp³-hybridized carbons (Fsp3) is 0.625. The highest BCUT2D eigenvalue weighted by atomic mass is 35.5. The Balaban J connectivity index is 0.00000264. The van der Waals surface area contributed by atoms with Crippen LogP contribution in [0.1, 0.15) is 32.6 Å². The van der Waals surface area contributed by atoms with E-state index in [1.807, 2.05) is 0 Å². The molecule has 2 rings (SSSR count). The van der Waals surface area contributed by atoms with Gasteiger partial charge in [0.05, 0.1) is 11.5 Å². The second kappa shape index (κ2) is 10.1. The molecule has 0 atom stereocenters. The van der Waals surface area contributed by atoms with Crippen molar-refractivity contribution < 1.29 is 13.2 Å². The van der Waals surface area contributed by atoms with Gasteiger partial charge < -0.3 is 10.1 Å². The SMILES string of the molecule is CCCCCOc1ccc(S(=O)(=O)N2CCCNCC2)cc1.Cl. The van der Waals surface area contributed by atoms with Gasteiger partial charge in [-0.15, -0.1) is 12.4 Å². The average Bonchev–Trinajstić information content (AvgIpc) is 2.82. The first-order valence-electron chi connectivity index (χ1n) is 8.08. The lowest BCUT2D eigenvalue weighted by Gasteiger charge is -2.19. The lowest BCUT2D eigenvalue weighted by molar-refractivity contribution is 0.306. The number of nitrogens with one attached hydrogen (secondary N) is 1. The fourth-order valence-corrected chi connectivity index (χ4v) is 3.94. The van der Waals surface area contributed by atoms with Crippen LogP contribution in [0.3, 0.4) is 0 Å². The second-order valence-electron chi connectivity index (χ2n) is 5.53. The molecule has 1 aliphatic heterocycles. The molecule has 0 unspecified atom stereocenters.